The van der Waals surface area contributed by atoms with Crippen molar-refractivity contribution in [2.45, 2.75) is 6.92 Å². The van der Waals surface area contributed by atoms with Gasteiger partial charge in [0.25, 0.3) is 5.91 Å². The molecule has 0 radical (unpaired) electrons. The zero-order valence-electron chi connectivity index (χ0n) is 12.7. The van der Waals surface area contributed by atoms with E-state index in [-0.39, 0.29) is 11.7 Å². The molecule has 0 aliphatic carbocycles. The molecule has 0 aliphatic heterocycles. The summed E-state index contributed by atoms with van der Waals surface area (Å²) >= 11 is 0. The van der Waals surface area contributed by atoms with Crippen LogP contribution in [-0.4, -0.2) is 17.2 Å². The monoisotopic (exact) mass is 304 g/mol. The normalized spacial score (nSPS) is 11.0. The Morgan fingerprint density at radius 1 is 1.04 bits per heavy atom. The molecule has 0 unspecified atom stereocenters. The number of phenolic OH excluding ortho intramolecular Hbond substituents is 1. The standard InChI is InChI=1S/C19H16N2O2/c1-13-6-9-15-4-2-3-5-17(15)18(13)19(23)21-20-12-14-7-10-16(22)11-8-14/h2-12,22H,1H3,(H,21,23)/b20-12-. The van der Waals surface area contributed by atoms with Crippen LogP contribution in [0.5, 0.6) is 5.75 Å². The molecule has 0 atom stereocenters. The minimum atomic E-state index is -0.241. The molecule has 0 aromatic heterocycles. The maximum absolute atomic E-state index is 12.5. The van der Waals surface area contributed by atoms with Crippen LogP contribution in [0.15, 0.2) is 65.8 Å². The van der Waals surface area contributed by atoms with Crippen LogP contribution in [0.2, 0.25) is 0 Å². The molecule has 0 bridgehead atoms. The van der Waals surface area contributed by atoms with E-state index in [1.54, 1.807) is 24.3 Å². The van der Waals surface area contributed by atoms with Crippen molar-refractivity contribution in [2.75, 3.05) is 0 Å². The van der Waals surface area contributed by atoms with Gasteiger partial charge >= 0.3 is 0 Å². The summed E-state index contributed by atoms with van der Waals surface area (Å²) in [7, 11) is 0. The van der Waals surface area contributed by atoms with Crippen molar-refractivity contribution in [3.05, 3.63) is 77.4 Å². The smallest absolute Gasteiger partial charge is 0.272 e. The van der Waals surface area contributed by atoms with Crippen LogP contribution in [0.1, 0.15) is 21.5 Å². The van der Waals surface area contributed by atoms with E-state index in [4.69, 9.17) is 0 Å². The first-order valence-corrected chi connectivity index (χ1v) is 7.26. The van der Waals surface area contributed by atoms with E-state index < -0.39 is 0 Å². The zero-order chi connectivity index (χ0) is 16.2. The highest BCUT2D eigenvalue weighted by Crippen LogP contribution is 2.22. The quantitative estimate of drug-likeness (QED) is 0.573. The number of nitrogens with one attached hydrogen (secondary N) is 1. The lowest BCUT2D eigenvalue weighted by atomic mass is 9.99. The van der Waals surface area contributed by atoms with Crippen molar-refractivity contribution in [1.29, 1.82) is 0 Å². The number of nitrogens with zero attached hydrogens (tertiary/aromatic N) is 1. The number of hydrazone groups is 1. The molecule has 23 heavy (non-hydrogen) atoms. The third-order valence-corrected chi connectivity index (χ3v) is 3.64. The number of phenols is 1. The summed E-state index contributed by atoms with van der Waals surface area (Å²) in [6.07, 6.45) is 1.54. The third kappa shape index (κ3) is 3.21. The number of fused-ring (bicyclic) bond motifs is 1. The van der Waals surface area contributed by atoms with Gasteiger partial charge in [0.15, 0.2) is 0 Å². The van der Waals surface area contributed by atoms with Crippen molar-refractivity contribution < 1.29 is 9.90 Å². The fourth-order valence-corrected chi connectivity index (χ4v) is 2.46. The fourth-order valence-electron chi connectivity index (χ4n) is 2.46. The van der Waals surface area contributed by atoms with Crippen LogP contribution < -0.4 is 5.43 Å². The number of aromatic hydroxyl groups is 1. The van der Waals surface area contributed by atoms with Crippen LogP contribution in [0.3, 0.4) is 0 Å². The highest BCUT2D eigenvalue weighted by molar-refractivity contribution is 6.08. The van der Waals surface area contributed by atoms with Crippen LogP contribution >= 0.6 is 0 Å². The third-order valence-electron chi connectivity index (χ3n) is 3.64. The van der Waals surface area contributed by atoms with Gasteiger partial charge in [-0.3, -0.25) is 4.79 Å². The van der Waals surface area contributed by atoms with Crippen molar-refractivity contribution >= 4 is 22.9 Å². The lowest BCUT2D eigenvalue weighted by Gasteiger charge is -2.08. The van der Waals surface area contributed by atoms with E-state index in [2.05, 4.69) is 10.5 Å². The van der Waals surface area contributed by atoms with Crippen LogP contribution in [0, 0.1) is 6.92 Å². The lowest BCUT2D eigenvalue weighted by molar-refractivity contribution is 0.0956. The molecule has 3 aromatic carbocycles. The Labute approximate surface area is 134 Å². The zero-order valence-corrected chi connectivity index (χ0v) is 12.7. The second-order valence-corrected chi connectivity index (χ2v) is 5.27. The van der Waals surface area contributed by atoms with Gasteiger partial charge in [-0.05, 0) is 53.1 Å². The molecule has 0 heterocycles. The van der Waals surface area contributed by atoms with Crippen molar-refractivity contribution in [1.82, 2.24) is 5.43 Å². The van der Waals surface area contributed by atoms with Gasteiger partial charge in [0, 0.05) is 0 Å². The molecule has 3 rings (SSSR count). The molecule has 3 aromatic rings. The predicted molar refractivity (Wildman–Crippen MR) is 91.9 cm³/mol. The molecule has 114 valence electrons. The number of carbonyl (C=O) groups excluding carboxylic acids is 1. The largest absolute Gasteiger partial charge is 0.508 e. The minimum absolute atomic E-state index is 0.192. The molecule has 0 saturated carbocycles. The number of rotatable bonds is 3. The molecule has 4 heteroatoms. The van der Waals surface area contributed by atoms with E-state index in [9.17, 15) is 9.90 Å². The fraction of sp³-hybridized carbons (Fsp3) is 0.0526. The first-order valence-electron chi connectivity index (χ1n) is 7.26. The maximum Gasteiger partial charge on any atom is 0.272 e. The molecular weight excluding hydrogens is 288 g/mol. The summed E-state index contributed by atoms with van der Waals surface area (Å²) in [5, 5.41) is 15.2. The second-order valence-electron chi connectivity index (χ2n) is 5.27. The molecule has 0 fully saturated rings. The first kappa shape index (κ1) is 14.8. The Morgan fingerprint density at radius 3 is 2.57 bits per heavy atom. The lowest BCUT2D eigenvalue weighted by Crippen LogP contribution is -2.19. The number of hydrogen-bond acceptors (Lipinski definition) is 3. The Morgan fingerprint density at radius 2 is 1.78 bits per heavy atom. The van der Waals surface area contributed by atoms with Crippen LogP contribution in [0.4, 0.5) is 0 Å². The van der Waals surface area contributed by atoms with Crippen LogP contribution in [-0.2, 0) is 0 Å². The first-order chi connectivity index (χ1) is 11.1. The molecular formula is C19H16N2O2. The van der Waals surface area contributed by atoms with Gasteiger partial charge in [-0.15, -0.1) is 0 Å². The molecule has 2 N–H and O–H groups in total. The number of amides is 1. The maximum atomic E-state index is 12.5. The summed E-state index contributed by atoms with van der Waals surface area (Å²) in [5.41, 5.74) is 4.89. The second kappa shape index (κ2) is 6.32. The van der Waals surface area contributed by atoms with E-state index in [1.807, 2.05) is 43.3 Å². The number of carbonyl (C=O) groups is 1. The molecule has 0 spiro atoms. The molecule has 0 saturated heterocycles. The Bertz CT molecular complexity index is 884. The Kier molecular flexibility index (Phi) is 4.06. The van der Waals surface area contributed by atoms with Gasteiger partial charge in [-0.1, -0.05) is 36.4 Å². The molecule has 1 amide bonds. The van der Waals surface area contributed by atoms with E-state index in [0.717, 1.165) is 21.9 Å². The predicted octanol–water partition coefficient (Wildman–Crippen LogP) is 3.62. The highest BCUT2D eigenvalue weighted by Gasteiger charge is 2.12. The minimum Gasteiger partial charge on any atom is -0.508 e. The van der Waals surface area contributed by atoms with Gasteiger partial charge < -0.3 is 5.11 Å². The number of hydrogen-bond donors (Lipinski definition) is 2. The average Bonchev–Trinajstić information content (AvgIpc) is 2.56. The van der Waals surface area contributed by atoms with Gasteiger partial charge in [0.1, 0.15) is 5.75 Å². The van der Waals surface area contributed by atoms with Gasteiger partial charge in [-0.25, -0.2) is 5.43 Å². The topological polar surface area (TPSA) is 61.7 Å². The molecule has 0 aliphatic rings. The Balaban J connectivity index is 1.83. The van der Waals surface area contributed by atoms with E-state index in [1.165, 1.54) is 6.21 Å². The number of aryl methyl sites for hydroxylation is 1. The summed E-state index contributed by atoms with van der Waals surface area (Å²) < 4.78 is 0. The Hall–Kier alpha value is -3.14. The number of benzene rings is 3. The molecule has 4 nitrogen and oxygen atoms in total. The van der Waals surface area contributed by atoms with Crippen molar-refractivity contribution in [3.8, 4) is 5.75 Å². The van der Waals surface area contributed by atoms with Gasteiger partial charge in [-0.2, -0.15) is 5.10 Å². The van der Waals surface area contributed by atoms with E-state index >= 15 is 0 Å². The highest BCUT2D eigenvalue weighted by atomic mass is 16.3. The summed E-state index contributed by atoms with van der Waals surface area (Å²) in [4.78, 5) is 12.5. The average molecular weight is 304 g/mol. The van der Waals surface area contributed by atoms with Gasteiger partial charge in [0.05, 0.1) is 11.8 Å². The van der Waals surface area contributed by atoms with Crippen molar-refractivity contribution in [2.24, 2.45) is 5.10 Å². The summed E-state index contributed by atoms with van der Waals surface area (Å²) in [5.74, 6) is -0.0492. The van der Waals surface area contributed by atoms with E-state index in [0.29, 0.717) is 5.56 Å². The summed E-state index contributed by atoms with van der Waals surface area (Å²) in [6, 6.07) is 18.3. The van der Waals surface area contributed by atoms with Gasteiger partial charge in [0.2, 0.25) is 0 Å². The van der Waals surface area contributed by atoms with Crippen LogP contribution in [0.25, 0.3) is 10.8 Å². The summed E-state index contributed by atoms with van der Waals surface area (Å²) in [6.45, 7) is 1.91. The van der Waals surface area contributed by atoms with Crippen molar-refractivity contribution in [3.63, 3.8) is 0 Å². The SMILES string of the molecule is Cc1ccc2ccccc2c1C(=O)N/N=C\c1ccc(O)cc1.